The lowest BCUT2D eigenvalue weighted by Gasteiger charge is -2.09. The van der Waals surface area contributed by atoms with Crippen LogP contribution in [0.4, 0.5) is 4.39 Å². The van der Waals surface area contributed by atoms with Crippen LogP contribution in [-0.4, -0.2) is 30.5 Å². The van der Waals surface area contributed by atoms with E-state index >= 15 is 0 Å². The maximum absolute atomic E-state index is 12.7. The molecule has 0 amide bonds. The van der Waals surface area contributed by atoms with Crippen molar-refractivity contribution in [3.8, 4) is 0 Å². The van der Waals surface area contributed by atoms with Gasteiger partial charge in [-0.2, -0.15) is 4.72 Å². The second kappa shape index (κ2) is 4.54. The number of hydrogen-bond acceptors (Lipinski definition) is 4. The highest BCUT2D eigenvalue weighted by Gasteiger charge is 2.21. The number of hydrogen-bond donors (Lipinski definition) is 2. The minimum Gasteiger partial charge on any atom is -0.480 e. The third kappa shape index (κ3) is 2.97. The van der Waals surface area contributed by atoms with Crippen LogP contribution >= 0.6 is 0 Å². The third-order valence-electron chi connectivity index (χ3n) is 1.69. The maximum atomic E-state index is 12.7. The van der Waals surface area contributed by atoms with Gasteiger partial charge in [-0.3, -0.25) is 9.78 Å². The minimum absolute atomic E-state index is 0.416. The number of sulfonamides is 1. The molecular formula is C8H9FN2O4S. The third-order valence-corrected chi connectivity index (χ3v) is 3.20. The van der Waals surface area contributed by atoms with Crippen LogP contribution in [0, 0.1) is 5.82 Å². The van der Waals surface area contributed by atoms with Crippen LogP contribution in [-0.2, 0) is 14.8 Å². The normalized spacial score (nSPS) is 13.4. The Kier molecular flexibility index (Phi) is 3.55. The quantitative estimate of drug-likeness (QED) is 0.780. The van der Waals surface area contributed by atoms with Crippen LogP contribution in [0.5, 0.6) is 0 Å². The topological polar surface area (TPSA) is 96.4 Å². The number of halogens is 1. The molecule has 1 unspecified atom stereocenters. The van der Waals surface area contributed by atoms with Gasteiger partial charge < -0.3 is 5.11 Å². The van der Waals surface area contributed by atoms with Gasteiger partial charge in [0.2, 0.25) is 10.0 Å². The first-order valence-electron chi connectivity index (χ1n) is 4.18. The lowest BCUT2D eigenvalue weighted by molar-refractivity contribution is -0.138. The Balaban J connectivity index is 2.99. The zero-order chi connectivity index (χ0) is 12.3. The highest BCUT2D eigenvalue weighted by atomic mass is 32.2. The summed E-state index contributed by atoms with van der Waals surface area (Å²) in [5, 5.41) is 8.53. The Labute approximate surface area is 91.2 Å². The molecule has 0 bridgehead atoms. The van der Waals surface area contributed by atoms with Gasteiger partial charge in [0.1, 0.15) is 16.8 Å². The number of aliphatic carboxylic acids is 1. The molecule has 0 aliphatic heterocycles. The molecule has 1 aromatic rings. The molecule has 2 N–H and O–H groups in total. The number of nitrogens with zero attached hydrogens (tertiary/aromatic N) is 1. The van der Waals surface area contributed by atoms with Gasteiger partial charge in [0.05, 0.1) is 6.20 Å². The summed E-state index contributed by atoms with van der Waals surface area (Å²) in [6.07, 6.45) is 1.78. The monoisotopic (exact) mass is 248 g/mol. The smallest absolute Gasteiger partial charge is 0.321 e. The molecule has 8 heteroatoms. The van der Waals surface area contributed by atoms with E-state index in [1.807, 2.05) is 4.72 Å². The molecular weight excluding hydrogens is 239 g/mol. The molecule has 0 aliphatic rings. The number of nitrogens with one attached hydrogen (secondary N) is 1. The van der Waals surface area contributed by atoms with Gasteiger partial charge in [-0.15, -0.1) is 0 Å². The van der Waals surface area contributed by atoms with Crippen LogP contribution in [0.1, 0.15) is 6.92 Å². The van der Waals surface area contributed by atoms with Gasteiger partial charge in [0.25, 0.3) is 0 Å². The van der Waals surface area contributed by atoms with E-state index in [1.54, 1.807) is 0 Å². The molecule has 0 aromatic carbocycles. The predicted molar refractivity (Wildman–Crippen MR) is 51.6 cm³/mol. The van der Waals surface area contributed by atoms with Gasteiger partial charge in [0.15, 0.2) is 0 Å². The van der Waals surface area contributed by atoms with Crippen molar-refractivity contribution in [2.45, 2.75) is 17.9 Å². The standard InChI is InChI=1S/C8H9FN2O4S/c1-5(8(12)13)11-16(14,15)7-2-6(9)3-10-4-7/h2-5,11H,1H3,(H,12,13). The van der Waals surface area contributed by atoms with E-state index in [2.05, 4.69) is 4.98 Å². The SMILES string of the molecule is CC(NS(=O)(=O)c1cncc(F)c1)C(=O)O. The Morgan fingerprint density at radius 2 is 2.19 bits per heavy atom. The molecule has 0 fully saturated rings. The number of carboxylic acid groups (broad SMARTS) is 1. The van der Waals surface area contributed by atoms with Gasteiger partial charge in [0, 0.05) is 6.20 Å². The highest BCUT2D eigenvalue weighted by Crippen LogP contribution is 2.08. The van der Waals surface area contributed by atoms with Crippen LogP contribution in [0.25, 0.3) is 0 Å². The number of pyridine rings is 1. The van der Waals surface area contributed by atoms with Crippen molar-refractivity contribution < 1.29 is 22.7 Å². The second-order valence-corrected chi connectivity index (χ2v) is 4.73. The molecule has 88 valence electrons. The molecule has 1 heterocycles. The summed E-state index contributed by atoms with van der Waals surface area (Å²) in [6.45, 7) is 1.16. The lowest BCUT2D eigenvalue weighted by Crippen LogP contribution is -2.38. The van der Waals surface area contributed by atoms with E-state index in [4.69, 9.17) is 5.11 Å². The van der Waals surface area contributed by atoms with Crippen LogP contribution < -0.4 is 4.72 Å². The number of rotatable bonds is 4. The summed E-state index contributed by atoms with van der Waals surface area (Å²) < 4.78 is 37.6. The fraction of sp³-hybridized carbons (Fsp3) is 0.250. The fourth-order valence-electron chi connectivity index (χ4n) is 0.891. The Bertz CT molecular complexity index is 503. The van der Waals surface area contributed by atoms with Crippen molar-refractivity contribution in [3.05, 3.63) is 24.3 Å². The fourth-order valence-corrected chi connectivity index (χ4v) is 2.06. The second-order valence-electron chi connectivity index (χ2n) is 3.02. The Morgan fingerprint density at radius 3 is 2.69 bits per heavy atom. The van der Waals surface area contributed by atoms with E-state index < -0.39 is 32.7 Å². The first kappa shape index (κ1) is 12.5. The summed E-state index contributed by atoms with van der Waals surface area (Å²) in [4.78, 5) is 13.4. The molecule has 1 atom stereocenters. The lowest BCUT2D eigenvalue weighted by atomic mass is 10.4. The van der Waals surface area contributed by atoms with Gasteiger partial charge in [-0.05, 0) is 13.0 Å². The molecule has 0 spiro atoms. The molecule has 1 aromatic heterocycles. The summed E-state index contributed by atoms with van der Waals surface area (Å²) in [7, 11) is -4.06. The summed E-state index contributed by atoms with van der Waals surface area (Å²) in [5.74, 6) is -2.14. The van der Waals surface area contributed by atoms with E-state index in [-0.39, 0.29) is 0 Å². The number of aromatic nitrogens is 1. The van der Waals surface area contributed by atoms with E-state index in [0.717, 1.165) is 25.4 Å². The molecule has 0 aliphatic carbocycles. The van der Waals surface area contributed by atoms with Gasteiger partial charge in [-0.1, -0.05) is 0 Å². The van der Waals surface area contributed by atoms with Crippen LogP contribution in [0.3, 0.4) is 0 Å². The number of carboxylic acids is 1. The van der Waals surface area contributed by atoms with E-state index in [1.165, 1.54) is 0 Å². The first-order valence-corrected chi connectivity index (χ1v) is 5.67. The van der Waals surface area contributed by atoms with E-state index in [0.29, 0.717) is 0 Å². The molecule has 16 heavy (non-hydrogen) atoms. The molecule has 1 rings (SSSR count). The molecule has 0 saturated heterocycles. The van der Waals surface area contributed by atoms with Crippen molar-refractivity contribution in [1.82, 2.24) is 9.71 Å². The zero-order valence-corrected chi connectivity index (χ0v) is 9.03. The molecule has 0 saturated carbocycles. The van der Waals surface area contributed by atoms with Gasteiger partial charge >= 0.3 is 5.97 Å². The van der Waals surface area contributed by atoms with Crippen molar-refractivity contribution in [2.75, 3.05) is 0 Å². The van der Waals surface area contributed by atoms with Crippen molar-refractivity contribution in [1.29, 1.82) is 0 Å². The van der Waals surface area contributed by atoms with Gasteiger partial charge in [-0.25, -0.2) is 12.8 Å². The van der Waals surface area contributed by atoms with Crippen LogP contribution in [0.15, 0.2) is 23.4 Å². The number of carbonyl (C=O) groups is 1. The molecule has 0 radical (unpaired) electrons. The largest absolute Gasteiger partial charge is 0.480 e. The zero-order valence-electron chi connectivity index (χ0n) is 8.21. The van der Waals surface area contributed by atoms with Crippen molar-refractivity contribution in [3.63, 3.8) is 0 Å². The minimum atomic E-state index is -4.06. The maximum Gasteiger partial charge on any atom is 0.321 e. The summed E-state index contributed by atoms with van der Waals surface area (Å²) in [6, 6.07) is -0.544. The predicted octanol–water partition coefficient (Wildman–Crippen LogP) is -0.0279. The van der Waals surface area contributed by atoms with Crippen molar-refractivity contribution >= 4 is 16.0 Å². The summed E-state index contributed by atoms with van der Waals surface area (Å²) >= 11 is 0. The highest BCUT2D eigenvalue weighted by molar-refractivity contribution is 7.89. The van der Waals surface area contributed by atoms with Crippen molar-refractivity contribution in [2.24, 2.45) is 0 Å². The van der Waals surface area contributed by atoms with Crippen LogP contribution in [0.2, 0.25) is 0 Å². The Hall–Kier alpha value is -1.54. The summed E-state index contributed by atoms with van der Waals surface area (Å²) in [5.41, 5.74) is 0. The Morgan fingerprint density at radius 1 is 1.56 bits per heavy atom. The average molecular weight is 248 g/mol. The van der Waals surface area contributed by atoms with E-state index in [9.17, 15) is 17.6 Å². The first-order chi connectivity index (χ1) is 7.33. The average Bonchev–Trinajstić information content (AvgIpc) is 2.17. The molecule has 6 nitrogen and oxygen atoms in total.